The molecule has 1 saturated heterocycles. The molecule has 1 aliphatic rings. The van der Waals surface area contributed by atoms with E-state index in [4.69, 9.17) is 16.7 Å². The second-order valence-electron chi connectivity index (χ2n) is 4.20. The van der Waals surface area contributed by atoms with E-state index in [0.717, 1.165) is 4.31 Å². The van der Waals surface area contributed by atoms with Crippen LogP contribution >= 0.6 is 27.5 Å². The average molecular weight is 376 g/mol. The van der Waals surface area contributed by atoms with Gasteiger partial charge in [0.15, 0.2) is 0 Å². The zero-order chi connectivity index (χ0) is 14.4. The van der Waals surface area contributed by atoms with E-state index in [9.17, 15) is 17.2 Å². The Morgan fingerprint density at radius 3 is 2.68 bits per heavy atom. The van der Waals surface area contributed by atoms with Gasteiger partial charge in [-0.2, -0.15) is 12.7 Å². The highest BCUT2D eigenvalue weighted by atomic mass is 79.9. The monoisotopic (exact) mass is 374 g/mol. The van der Waals surface area contributed by atoms with E-state index in [0.29, 0.717) is 0 Å². The number of hydrogen-bond acceptors (Lipinski definition) is 2. The van der Waals surface area contributed by atoms with Crippen molar-refractivity contribution in [3.05, 3.63) is 33.0 Å². The summed E-state index contributed by atoms with van der Waals surface area (Å²) in [5.41, 5.74) is -0.126. The Hall–Kier alpha value is -0.280. The van der Waals surface area contributed by atoms with E-state index in [2.05, 4.69) is 15.9 Å². The Bertz CT molecular complexity index is 614. The molecule has 2 atom stereocenters. The Labute approximate surface area is 122 Å². The minimum Gasteiger partial charge on any atom is -0.245 e. The van der Waals surface area contributed by atoms with E-state index < -0.39 is 28.2 Å². The van der Waals surface area contributed by atoms with Gasteiger partial charge in [-0.15, -0.1) is 0 Å². The predicted molar refractivity (Wildman–Crippen MR) is 71.2 cm³/mol. The van der Waals surface area contributed by atoms with E-state index in [-0.39, 0.29) is 28.0 Å². The van der Waals surface area contributed by atoms with Crippen LogP contribution in [0, 0.1) is 5.82 Å². The zero-order valence-corrected chi connectivity index (χ0v) is 12.6. The topological polar surface area (TPSA) is 63.4 Å². The molecule has 0 aromatic heterocycles. The highest BCUT2D eigenvalue weighted by molar-refractivity contribution is 9.10. The molecular formula is C10H10BrClF2N2O2S. The van der Waals surface area contributed by atoms with Crippen LogP contribution in [0.1, 0.15) is 18.0 Å². The number of alkyl halides is 1. The minimum absolute atomic E-state index is 0.0370. The van der Waals surface area contributed by atoms with Crippen LogP contribution in [0.5, 0.6) is 0 Å². The van der Waals surface area contributed by atoms with Crippen molar-refractivity contribution >= 4 is 37.7 Å². The van der Waals surface area contributed by atoms with Crippen LogP contribution in [-0.4, -0.2) is 25.4 Å². The third-order valence-corrected chi connectivity index (χ3v) is 4.80. The van der Waals surface area contributed by atoms with Gasteiger partial charge in [-0.05, 0) is 34.5 Å². The second-order valence-corrected chi connectivity index (χ2v) is 6.99. The Kier molecular flexibility index (Phi) is 4.18. The average Bonchev–Trinajstić information content (AvgIpc) is 2.65. The van der Waals surface area contributed by atoms with Gasteiger partial charge in [-0.1, -0.05) is 11.6 Å². The molecule has 0 saturated carbocycles. The van der Waals surface area contributed by atoms with Crippen LogP contribution < -0.4 is 5.14 Å². The highest BCUT2D eigenvalue weighted by Gasteiger charge is 2.42. The molecule has 9 heteroatoms. The summed E-state index contributed by atoms with van der Waals surface area (Å²) >= 11 is 8.75. The molecule has 1 aromatic carbocycles. The first kappa shape index (κ1) is 15.1. The van der Waals surface area contributed by atoms with E-state index in [1.807, 2.05) is 0 Å². The summed E-state index contributed by atoms with van der Waals surface area (Å²) in [6.45, 7) is -0.0890. The summed E-state index contributed by atoms with van der Waals surface area (Å²) in [7, 11) is -4.11. The summed E-state index contributed by atoms with van der Waals surface area (Å²) < 4.78 is 51.6. The summed E-state index contributed by atoms with van der Waals surface area (Å²) in [4.78, 5) is 0. The molecule has 1 aliphatic heterocycles. The largest absolute Gasteiger partial charge is 0.277 e. The van der Waals surface area contributed by atoms with E-state index in [1.54, 1.807) is 0 Å². The first-order valence-corrected chi connectivity index (χ1v) is 7.97. The van der Waals surface area contributed by atoms with E-state index in [1.165, 1.54) is 12.1 Å². The molecule has 0 amide bonds. The van der Waals surface area contributed by atoms with Gasteiger partial charge in [-0.3, -0.25) is 0 Å². The van der Waals surface area contributed by atoms with Crippen LogP contribution in [0.3, 0.4) is 0 Å². The standard InChI is InChI=1S/C10H10BrClF2N2O2S/c11-7-4-5(12)3-6(9(7)14)10-8(13)1-2-16(10)19(15,17)18/h3-4,8,10H,1-2H2,(H2,15,17,18). The fourth-order valence-corrected chi connectivity index (χ4v) is 3.91. The fraction of sp³-hybridized carbons (Fsp3) is 0.400. The van der Waals surface area contributed by atoms with Gasteiger partial charge in [0.05, 0.1) is 10.5 Å². The summed E-state index contributed by atoms with van der Waals surface area (Å²) in [6.07, 6.45) is -1.57. The maximum absolute atomic E-state index is 14.0. The summed E-state index contributed by atoms with van der Waals surface area (Å²) in [6, 6.07) is 1.23. The second kappa shape index (κ2) is 5.25. The van der Waals surface area contributed by atoms with Crippen LogP contribution in [0.2, 0.25) is 5.02 Å². The first-order valence-electron chi connectivity index (χ1n) is 5.30. The lowest BCUT2D eigenvalue weighted by atomic mass is 10.0. The SMILES string of the molecule is NS(=O)(=O)N1CCC(F)C1c1cc(Cl)cc(Br)c1F. The van der Waals surface area contributed by atoms with Crippen molar-refractivity contribution in [3.63, 3.8) is 0 Å². The third-order valence-electron chi connectivity index (χ3n) is 2.94. The number of rotatable bonds is 2. The highest BCUT2D eigenvalue weighted by Crippen LogP contribution is 2.39. The molecule has 1 aromatic rings. The van der Waals surface area contributed by atoms with Gasteiger partial charge >= 0.3 is 0 Å². The predicted octanol–water partition coefficient (Wildman–Crippen LogP) is 2.53. The molecule has 2 N–H and O–H groups in total. The number of nitrogens with zero attached hydrogens (tertiary/aromatic N) is 1. The summed E-state index contributed by atoms with van der Waals surface area (Å²) in [5, 5.41) is 5.20. The van der Waals surface area contributed by atoms with Crippen LogP contribution in [0.15, 0.2) is 16.6 Å². The van der Waals surface area contributed by atoms with Gasteiger partial charge in [-0.25, -0.2) is 13.9 Å². The fourth-order valence-electron chi connectivity index (χ4n) is 2.15. The van der Waals surface area contributed by atoms with Crippen molar-refractivity contribution < 1.29 is 17.2 Å². The van der Waals surface area contributed by atoms with Crippen molar-refractivity contribution in [2.45, 2.75) is 18.6 Å². The molecule has 2 unspecified atom stereocenters. The van der Waals surface area contributed by atoms with Crippen molar-refractivity contribution in [1.29, 1.82) is 0 Å². The van der Waals surface area contributed by atoms with Gasteiger partial charge in [0, 0.05) is 17.1 Å². The van der Waals surface area contributed by atoms with Gasteiger partial charge in [0.2, 0.25) is 0 Å². The Morgan fingerprint density at radius 2 is 2.11 bits per heavy atom. The molecule has 106 valence electrons. The number of halogens is 4. The molecule has 0 radical (unpaired) electrons. The van der Waals surface area contributed by atoms with Crippen molar-refractivity contribution in [2.75, 3.05) is 6.54 Å². The lowest BCUT2D eigenvalue weighted by Gasteiger charge is -2.24. The van der Waals surface area contributed by atoms with Gasteiger partial charge < -0.3 is 0 Å². The molecule has 0 bridgehead atoms. The molecule has 2 rings (SSSR count). The first-order chi connectivity index (χ1) is 8.71. The maximum atomic E-state index is 14.0. The molecule has 0 aliphatic carbocycles. The number of nitrogens with two attached hydrogens (primary N) is 1. The van der Waals surface area contributed by atoms with Crippen LogP contribution in [0.25, 0.3) is 0 Å². The van der Waals surface area contributed by atoms with Gasteiger partial charge in [0.25, 0.3) is 10.2 Å². The Morgan fingerprint density at radius 1 is 1.47 bits per heavy atom. The molecule has 1 heterocycles. The van der Waals surface area contributed by atoms with Crippen LogP contribution in [0.4, 0.5) is 8.78 Å². The molecule has 19 heavy (non-hydrogen) atoms. The normalized spacial score (nSPS) is 24.9. The molecule has 4 nitrogen and oxygen atoms in total. The third kappa shape index (κ3) is 2.92. The zero-order valence-electron chi connectivity index (χ0n) is 9.48. The smallest absolute Gasteiger partial charge is 0.245 e. The lowest BCUT2D eigenvalue weighted by Crippen LogP contribution is -2.37. The lowest BCUT2D eigenvalue weighted by molar-refractivity contribution is 0.257. The van der Waals surface area contributed by atoms with Crippen LogP contribution in [-0.2, 0) is 10.2 Å². The van der Waals surface area contributed by atoms with Crippen molar-refractivity contribution in [1.82, 2.24) is 4.31 Å². The van der Waals surface area contributed by atoms with Crippen molar-refractivity contribution in [3.8, 4) is 0 Å². The van der Waals surface area contributed by atoms with Crippen molar-refractivity contribution in [2.24, 2.45) is 5.14 Å². The van der Waals surface area contributed by atoms with E-state index >= 15 is 0 Å². The molecular weight excluding hydrogens is 366 g/mol. The molecule has 1 fully saturated rings. The number of benzene rings is 1. The van der Waals surface area contributed by atoms with Gasteiger partial charge in [0.1, 0.15) is 12.0 Å². The quantitative estimate of drug-likeness (QED) is 0.807. The molecule has 0 spiro atoms. The summed E-state index contributed by atoms with van der Waals surface area (Å²) in [5.74, 6) is -0.743. The minimum atomic E-state index is -4.11. The Balaban J connectivity index is 2.55. The number of hydrogen-bond donors (Lipinski definition) is 1. The maximum Gasteiger partial charge on any atom is 0.277 e.